The van der Waals surface area contributed by atoms with Crippen molar-refractivity contribution in [2.24, 2.45) is 0 Å². The second kappa shape index (κ2) is 53.8. The minimum absolute atomic E-state index is 0.0277. The van der Waals surface area contributed by atoms with E-state index in [1.807, 2.05) is 33.3 Å². The summed E-state index contributed by atoms with van der Waals surface area (Å²) >= 11 is 0. The number of esters is 1. The maximum Gasteiger partial charge on any atom is 0.306 e. The fourth-order valence-corrected chi connectivity index (χ4v) is 9.39. The van der Waals surface area contributed by atoms with Crippen molar-refractivity contribution in [3.8, 4) is 0 Å². The molecule has 74 heavy (non-hydrogen) atoms. The van der Waals surface area contributed by atoms with Crippen LogP contribution in [-0.2, 0) is 27.9 Å². The van der Waals surface area contributed by atoms with Gasteiger partial charge in [-0.1, -0.05) is 255 Å². The number of amides is 1. The Morgan fingerprint density at radius 3 is 1.30 bits per heavy atom. The molecule has 0 aliphatic rings. The predicted molar refractivity (Wildman–Crippen MR) is 316 cm³/mol. The number of hydrogen-bond acceptors (Lipinski definition) is 7. The molecular formula is C64H117N2O7P. The number of rotatable bonds is 55. The first-order chi connectivity index (χ1) is 35.9. The predicted octanol–water partition coefficient (Wildman–Crippen LogP) is 18.2. The van der Waals surface area contributed by atoms with Crippen molar-refractivity contribution in [1.82, 2.24) is 5.32 Å². The van der Waals surface area contributed by atoms with Crippen molar-refractivity contribution in [3.05, 3.63) is 72.9 Å². The van der Waals surface area contributed by atoms with Crippen LogP contribution in [0, 0.1) is 0 Å². The van der Waals surface area contributed by atoms with Gasteiger partial charge in [0.1, 0.15) is 19.3 Å². The van der Waals surface area contributed by atoms with Gasteiger partial charge < -0.3 is 28.5 Å². The number of phosphoric acid groups is 1. The molecule has 1 N–H and O–H groups in total. The molecule has 0 saturated heterocycles. The van der Waals surface area contributed by atoms with E-state index in [1.54, 1.807) is 0 Å². The van der Waals surface area contributed by atoms with Crippen molar-refractivity contribution in [2.45, 2.75) is 283 Å². The summed E-state index contributed by atoms with van der Waals surface area (Å²) in [5.74, 6) is -0.558. The number of hydrogen-bond donors (Lipinski definition) is 1. The maximum absolute atomic E-state index is 13.5. The Kier molecular flexibility index (Phi) is 52.0. The van der Waals surface area contributed by atoms with Crippen LogP contribution < -0.4 is 10.2 Å². The SMILES string of the molecule is CC/C=C\C/C=C\C/C=C\C/C=C\C/C=C\CCCCCCCC(=O)NC(COP(=O)([O-])OCC[N+](C)(C)C)C(/C=C\CCCCCCCCCCCCC)OC(=O)CCCCCCCCCCCCCCCC. The topological polar surface area (TPSA) is 114 Å². The Hall–Kier alpha value is -2.55. The van der Waals surface area contributed by atoms with E-state index >= 15 is 0 Å². The molecule has 0 aliphatic carbocycles. The van der Waals surface area contributed by atoms with E-state index in [1.165, 1.54) is 128 Å². The molecule has 0 spiro atoms. The maximum atomic E-state index is 13.5. The lowest BCUT2D eigenvalue weighted by molar-refractivity contribution is -0.870. The number of likely N-dealkylation sites (N-methyl/N-ethyl adjacent to an activating group) is 1. The zero-order valence-corrected chi connectivity index (χ0v) is 49.9. The molecule has 3 atom stereocenters. The van der Waals surface area contributed by atoms with E-state index in [0.717, 1.165) is 103 Å². The van der Waals surface area contributed by atoms with Crippen molar-refractivity contribution in [2.75, 3.05) is 40.9 Å². The van der Waals surface area contributed by atoms with Gasteiger partial charge in [-0.3, -0.25) is 14.2 Å². The largest absolute Gasteiger partial charge is 0.756 e. The summed E-state index contributed by atoms with van der Waals surface area (Å²) in [6, 6.07) is -0.899. The molecule has 10 heteroatoms. The Bertz CT molecular complexity index is 1500. The van der Waals surface area contributed by atoms with Gasteiger partial charge in [-0.25, -0.2) is 0 Å². The van der Waals surface area contributed by atoms with Crippen LogP contribution in [0.1, 0.15) is 271 Å². The highest BCUT2D eigenvalue weighted by atomic mass is 31.2. The molecule has 0 aliphatic heterocycles. The third-order valence-electron chi connectivity index (χ3n) is 13.4. The number of allylic oxidation sites excluding steroid dienone is 11. The van der Waals surface area contributed by atoms with Gasteiger partial charge in [-0.2, -0.15) is 0 Å². The van der Waals surface area contributed by atoms with Crippen LogP contribution in [0.2, 0.25) is 0 Å². The molecule has 0 saturated carbocycles. The zero-order chi connectivity index (χ0) is 54.3. The minimum atomic E-state index is -4.70. The van der Waals surface area contributed by atoms with E-state index in [9.17, 15) is 19.0 Å². The van der Waals surface area contributed by atoms with Gasteiger partial charge in [0.15, 0.2) is 0 Å². The summed E-state index contributed by atoms with van der Waals surface area (Å²) in [7, 11) is 1.17. The lowest BCUT2D eigenvalue weighted by atomic mass is 10.0. The average Bonchev–Trinajstić information content (AvgIpc) is 3.36. The second-order valence-corrected chi connectivity index (χ2v) is 23.2. The highest BCUT2D eigenvalue weighted by Gasteiger charge is 2.27. The van der Waals surface area contributed by atoms with Crippen molar-refractivity contribution < 1.29 is 37.3 Å². The molecule has 0 aromatic carbocycles. The molecule has 3 unspecified atom stereocenters. The highest BCUT2D eigenvalue weighted by Crippen LogP contribution is 2.38. The van der Waals surface area contributed by atoms with Gasteiger partial charge in [0.05, 0.1) is 33.8 Å². The summed E-state index contributed by atoms with van der Waals surface area (Å²) in [5.41, 5.74) is 0. The third-order valence-corrected chi connectivity index (χ3v) is 14.4. The fraction of sp³-hybridized carbons (Fsp3) is 0.781. The number of quaternary nitrogens is 1. The van der Waals surface area contributed by atoms with Crippen LogP contribution in [0.4, 0.5) is 0 Å². The van der Waals surface area contributed by atoms with Crippen molar-refractivity contribution in [3.63, 3.8) is 0 Å². The van der Waals surface area contributed by atoms with Crippen LogP contribution in [0.25, 0.3) is 0 Å². The Morgan fingerprint density at radius 1 is 0.486 bits per heavy atom. The number of unbranched alkanes of at least 4 members (excludes halogenated alkanes) is 29. The fourth-order valence-electron chi connectivity index (χ4n) is 8.67. The molecule has 0 aromatic rings. The molecule has 0 radical (unpaired) electrons. The normalized spacial score (nSPS) is 14.2. The highest BCUT2D eigenvalue weighted by molar-refractivity contribution is 7.45. The van der Waals surface area contributed by atoms with E-state index in [4.69, 9.17) is 13.8 Å². The van der Waals surface area contributed by atoms with Gasteiger partial charge in [-0.15, -0.1) is 0 Å². The molecule has 0 aromatic heterocycles. The second-order valence-electron chi connectivity index (χ2n) is 21.8. The molecule has 0 rings (SSSR count). The van der Waals surface area contributed by atoms with Crippen LogP contribution in [-0.4, -0.2) is 69.4 Å². The lowest BCUT2D eigenvalue weighted by Gasteiger charge is -2.30. The minimum Gasteiger partial charge on any atom is -0.756 e. The Labute approximate surface area is 457 Å². The lowest BCUT2D eigenvalue weighted by Crippen LogP contribution is -2.47. The monoisotopic (exact) mass is 1060 g/mol. The first-order valence-corrected chi connectivity index (χ1v) is 32.2. The standard InChI is InChI=1S/C64H117N2O7P/c1-7-10-13-16-19-22-25-28-30-31-32-33-34-35-36-38-41-44-47-50-53-56-63(67)65-61(60-72-74(69,70)71-59-58-66(4,5)6)62(55-52-49-46-43-40-37-27-24-21-18-15-12-9-3)73-64(68)57-54-51-48-45-42-39-29-26-23-20-17-14-11-8-2/h10,13,19,22,28,30,32-33,35-36,52,55,61-62H,7-9,11-12,14-18,20-21,23-27,29,31,34,37-51,53-54,56-60H2,1-6H3,(H-,65,67,69,70)/b13-10-,22-19-,30-28-,33-32-,36-35-,55-52-. The first kappa shape index (κ1) is 71.5. The molecular weight excluding hydrogens is 940 g/mol. The molecule has 9 nitrogen and oxygen atoms in total. The molecule has 1 amide bonds. The van der Waals surface area contributed by atoms with Crippen molar-refractivity contribution in [1.29, 1.82) is 0 Å². The summed E-state index contributed by atoms with van der Waals surface area (Å²) in [6.07, 6.45) is 68.6. The number of carbonyl (C=O) groups excluding carboxylic acids is 2. The van der Waals surface area contributed by atoms with Crippen LogP contribution >= 0.6 is 7.82 Å². The zero-order valence-electron chi connectivity index (χ0n) is 49.0. The van der Waals surface area contributed by atoms with Crippen LogP contribution in [0.5, 0.6) is 0 Å². The molecule has 430 valence electrons. The quantitative estimate of drug-likeness (QED) is 0.0212. The number of phosphoric ester groups is 1. The number of carbonyl (C=O) groups is 2. The van der Waals surface area contributed by atoms with Crippen molar-refractivity contribution >= 4 is 19.7 Å². The molecule has 0 fully saturated rings. The van der Waals surface area contributed by atoms with E-state index in [-0.39, 0.29) is 24.9 Å². The summed E-state index contributed by atoms with van der Waals surface area (Å²) in [5, 5.41) is 3.02. The van der Waals surface area contributed by atoms with Gasteiger partial charge in [0, 0.05) is 12.8 Å². The smallest absolute Gasteiger partial charge is 0.306 e. The Morgan fingerprint density at radius 2 is 0.865 bits per heavy atom. The number of ether oxygens (including phenoxy) is 1. The van der Waals surface area contributed by atoms with E-state index < -0.39 is 26.6 Å². The molecule has 0 heterocycles. The Balaban J connectivity index is 5.31. The van der Waals surface area contributed by atoms with Gasteiger partial charge in [0.25, 0.3) is 7.82 Å². The summed E-state index contributed by atoms with van der Waals surface area (Å²) < 4.78 is 30.3. The number of nitrogens with one attached hydrogen (secondary N) is 1. The number of nitrogens with zero attached hydrogens (tertiary/aromatic N) is 1. The summed E-state index contributed by atoms with van der Waals surface area (Å²) in [4.78, 5) is 40.0. The van der Waals surface area contributed by atoms with Gasteiger partial charge >= 0.3 is 5.97 Å². The van der Waals surface area contributed by atoms with E-state index in [2.05, 4.69) is 86.8 Å². The van der Waals surface area contributed by atoms with Gasteiger partial charge in [0.2, 0.25) is 5.91 Å². The summed E-state index contributed by atoms with van der Waals surface area (Å²) in [6.45, 7) is 6.73. The van der Waals surface area contributed by atoms with Crippen LogP contribution in [0.3, 0.4) is 0 Å². The third kappa shape index (κ3) is 54.2. The van der Waals surface area contributed by atoms with Crippen LogP contribution in [0.15, 0.2) is 72.9 Å². The van der Waals surface area contributed by atoms with E-state index in [0.29, 0.717) is 23.9 Å². The van der Waals surface area contributed by atoms with Gasteiger partial charge in [-0.05, 0) is 76.7 Å². The molecule has 0 bridgehead atoms. The average molecular weight is 1060 g/mol. The first-order valence-electron chi connectivity index (χ1n) is 30.7.